The highest BCUT2D eigenvalue weighted by molar-refractivity contribution is 7.78. The summed E-state index contributed by atoms with van der Waals surface area (Å²) in [4.78, 5) is 10.1. The van der Waals surface area contributed by atoms with Gasteiger partial charge in [0, 0.05) is 0 Å². The molecule has 1 rings (SSSR count). The Morgan fingerprint density at radius 1 is 1.88 bits per heavy atom. The van der Waals surface area contributed by atoms with Gasteiger partial charge in [0.1, 0.15) is 0 Å². The van der Waals surface area contributed by atoms with Crippen molar-refractivity contribution in [3.8, 4) is 5.88 Å². The summed E-state index contributed by atoms with van der Waals surface area (Å²) in [5, 5.41) is 9.97. The van der Waals surface area contributed by atoms with Gasteiger partial charge in [-0.2, -0.15) is 0 Å². The molecule has 0 aliphatic heterocycles. The summed E-state index contributed by atoms with van der Waals surface area (Å²) in [5.41, 5.74) is 0. The van der Waals surface area contributed by atoms with E-state index in [1.165, 1.54) is 5.38 Å². The second-order valence-corrected chi connectivity index (χ2v) is 2.39. The zero-order valence-corrected chi connectivity index (χ0v) is 5.45. The molecule has 0 bridgehead atoms. The lowest BCUT2D eigenvalue weighted by molar-refractivity contribution is 0.451. The summed E-state index contributed by atoms with van der Waals surface area (Å²) in [5.74, 6) is -0.108. The summed E-state index contributed by atoms with van der Waals surface area (Å²) in [6.45, 7) is 0. The Morgan fingerprint density at radius 2 is 2.50 bits per heavy atom. The lowest BCUT2D eigenvalue weighted by atomic mass is 10.9. The minimum atomic E-state index is -0.272. The Balaban J connectivity index is 3.41. The van der Waals surface area contributed by atoms with Crippen molar-refractivity contribution < 1.29 is 5.11 Å². The average Bonchev–Trinajstić information content (AvgIpc) is 1.98. The number of aromatic hydroxyl groups is 1. The Morgan fingerprint density at radius 3 is 2.62 bits per heavy atom. The molecule has 5 heteroatoms. The Kier molecular flexibility index (Phi) is 1.31. The highest BCUT2D eigenvalue weighted by Gasteiger charge is 1.96. The standard InChI is InChI=1S/C3H3NO2S2/c5-2-1-8-3(6)4(2)7/h1,5,7H. The Labute approximate surface area is 54.7 Å². The molecule has 3 nitrogen and oxygen atoms in total. The third-order valence-corrected chi connectivity index (χ3v) is 1.89. The normalized spacial score (nSPS) is 9.62. The number of hydrogen-bond acceptors (Lipinski definition) is 4. The molecule has 0 aliphatic rings. The molecule has 0 saturated carbocycles. The van der Waals surface area contributed by atoms with Gasteiger partial charge < -0.3 is 5.11 Å². The molecule has 0 fully saturated rings. The predicted molar refractivity (Wildman–Crippen MR) is 34.6 cm³/mol. The molecule has 0 saturated heterocycles. The van der Waals surface area contributed by atoms with Crippen molar-refractivity contribution in [2.45, 2.75) is 0 Å². The maximum atomic E-state index is 10.4. The van der Waals surface area contributed by atoms with Crippen LogP contribution in [0.25, 0.3) is 0 Å². The van der Waals surface area contributed by atoms with Gasteiger partial charge in [-0.1, -0.05) is 24.2 Å². The van der Waals surface area contributed by atoms with Gasteiger partial charge >= 0.3 is 4.87 Å². The SMILES string of the molecule is O=c1scc(O)n1S. The van der Waals surface area contributed by atoms with Crippen LogP contribution in [0, 0.1) is 0 Å². The number of hydrogen-bond donors (Lipinski definition) is 2. The van der Waals surface area contributed by atoms with E-state index in [1.54, 1.807) is 0 Å². The molecule has 0 spiro atoms. The molecule has 0 amide bonds. The molecule has 1 N–H and O–H groups in total. The lowest BCUT2D eigenvalue weighted by Crippen LogP contribution is -2.00. The number of nitrogens with zero attached hydrogens (tertiary/aromatic N) is 1. The third kappa shape index (κ3) is 0.740. The summed E-state index contributed by atoms with van der Waals surface area (Å²) >= 11 is 4.54. The number of aromatic nitrogens is 1. The van der Waals surface area contributed by atoms with Crippen LogP contribution in [0.5, 0.6) is 5.88 Å². The molecule has 1 aromatic heterocycles. The van der Waals surface area contributed by atoms with E-state index in [-0.39, 0.29) is 10.8 Å². The van der Waals surface area contributed by atoms with Crippen molar-refractivity contribution in [1.29, 1.82) is 0 Å². The highest BCUT2D eigenvalue weighted by Crippen LogP contribution is 2.08. The van der Waals surface area contributed by atoms with Crippen molar-refractivity contribution >= 4 is 24.2 Å². The number of thiol groups is 1. The first kappa shape index (κ1) is 5.71. The van der Waals surface area contributed by atoms with Crippen molar-refractivity contribution in [3.05, 3.63) is 15.0 Å². The molecule has 1 heterocycles. The zero-order valence-electron chi connectivity index (χ0n) is 3.74. The van der Waals surface area contributed by atoms with E-state index >= 15 is 0 Å². The first-order valence-corrected chi connectivity index (χ1v) is 3.08. The second kappa shape index (κ2) is 1.83. The van der Waals surface area contributed by atoms with Gasteiger partial charge in [-0.05, 0) is 0 Å². The van der Waals surface area contributed by atoms with Gasteiger partial charge in [0.05, 0.1) is 5.38 Å². The van der Waals surface area contributed by atoms with Crippen LogP contribution in [0.1, 0.15) is 0 Å². The monoisotopic (exact) mass is 149 g/mol. The van der Waals surface area contributed by atoms with Crippen LogP contribution in [-0.2, 0) is 0 Å². The number of thiazole rings is 1. The van der Waals surface area contributed by atoms with Gasteiger partial charge in [-0.25, -0.2) is 3.97 Å². The molecule has 8 heavy (non-hydrogen) atoms. The molecule has 0 unspecified atom stereocenters. The van der Waals surface area contributed by atoms with Crippen LogP contribution < -0.4 is 4.87 Å². The van der Waals surface area contributed by atoms with Crippen molar-refractivity contribution in [2.24, 2.45) is 0 Å². The molecule has 0 aromatic carbocycles. The minimum absolute atomic E-state index is 0.108. The van der Waals surface area contributed by atoms with E-state index in [1.807, 2.05) is 0 Å². The van der Waals surface area contributed by atoms with Crippen LogP contribution >= 0.6 is 24.2 Å². The van der Waals surface area contributed by atoms with E-state index in [4.69, 9.17) is 5.11 Å². The molecular formula is C3H3NO2S2. The molecule has 0 aliphatic carbocycles. The van der Waals surface area contributed by atoms with Gasteiger partial charge in [0.15, 0.2) is 0 Å². The van der Waals surface area contributed by atoms with E-state index in [2.05, 4.69) is 12.8 Å². The van der Waals surface area contributed by atoms with Crippen LogP contribution in [0.3, 0.4) is 0 Å². The maximum absolute atomic E-state index is 10.4. The predicted octanol–water partition coefficient (Wildman–Crippen LogP) is 0.308. The second-order valence-electron chi connectivity index (χ2n) is 1.17. The van der Waals surface area contributed by atoms with Crippen LogP contribution in [0.15, 0.2) is 10.2 Å². The fourth-order valence-corrected chi connectivity index (χ4v) is 1.08. The molecule has 44 valence electrons. The van der Waals surface area contributed by atoms with E-state index in [0.717, 1.165) is 15.3 Å². The summed E-state index contributed by atoms with van der Waals surface area (Å²) in [7, 11) is 0. The third-order valence-electron chi connectivity index (χ3n) is 0.655. The Bertz CT molecular complexity index is 238. The average molecular weight is 149 g/mol. The summed E-state index contributed by atoms with van der Waals surface area (Å²) in [6, 6.07) is 0. The van der Waals surface area contributed by atoms with Gasteiger partial charge in [0.2, 0.25) is 5.88 Å². The molecule has 1 aromatic rings. The first-order valence-electron chi connectivity index (χ1n) is 1.80. The maximum Gasteiger partial charge on any atom is 0.320 e. The van der Waals surface area contributed by atoms with Gasteiger partial charge in [-0.3, -0.25) is 4.79 Å². The number of rotatable bonds is 0. The van der Waals surface area contributed by atoms with Crippen LogP contribution in [-0.4, -0.2) is 9.08 Å². The van der Waals surface area contributed by atoms with Crippen LogP contribution in [0.2, 0.25) is 0 Å². The fourth-order valence-electron chi connectivity index (χ4n) is 0.296. The van der Waals surface area contributed by atoms with Gasteiger partial charge in [-0.15, -0.1) is 0 Å². The van der Waals surface area contributed by atoms with Crippen molar-refractivity contribution in [2.75, 3.05) is 0 Å². The van der Waals surface area contributed by atoms with E-state index < -0.39 is 0 Å². The highest BCUT2D eigenvalue weighted by atomic mass is 32.1. The quantitative estimate of drug-likeness (QED) is 0.521. The lowest BCUT2D eigenvalue weighted by Gasteiger charge is -1.84. The molecule has 0 atom stereocenters. The largest absolute Gasteiger partial charge is 0.493 e. The minimum Gasteiger partial charge on any atom is -0.493 e. The van der Waals surface area contributed by atoms with Crippen LogP contribution in [0.4, 0.5) is 0 Å². The topological polar surface area (TPSA) is 42.2 Å². The zero-order chi connectivity index (χ0) is 6.15. The van der Waals surface area contributed by atoms with E-state index in [9.17, 15) is 4.79 Å². The van der Waals surface area contributed by atoms with E-state index in [0.29, 0.717) is 0 Å². The summed E-state index contributed by atoms with van der Waals surface area (Å²) in [6.07, 6.45) is 0. The van der Waals surface area contributed by atoms with Crippen molar-refractivity contribution in [1.82, 2.24) is 3.97 Å². The summed E-state index contributed by atoms with van der Waals surface area (Å²) < 4.78 is 0.880. The molecular weight excluding hydrogens is 146 g/mol. The Hall–Kier alpha value is -0.420. The molecule has 0 radical (unpaired) electrons. The smallest absolute Gasteiger partial charge is 0.320 e. The van der Waals surface area contributed by atoms with Gasteiger partial charge in [0.25, 0.3) is 0 Å². The van der Waals surface area contributed by atoms with Crippen molar-refractivity contribution in [3.63, 3.8) is 0 Å². The fraction of sp³-hybridized carbons (Fsp3) is 0. The first-order chi connectivity index (χ1) is 3.72.